The summed E-state index contributed by atoms with van der Waals surface area (Å²) < 4.78 is 1.12. The molecule has 0 aliphatic rings. The summed E-state index contributed by atoms with van der Waals surface area (Å²) in [5.41, 5.74) is 5.39. The monoisotopic (exact) mass is 290 g/mol. The van der Waals surface area contributed by atoms with Crippen LogP contribution in [-0.2, 0) is 11.2 Å². The number of nitrogens with one attached hydrogen (secondary N) is 1. The van der Waals surface area contributed by atoms with Gasteiger partial charge in [-0.2, -0.15) is 0 Å². The number of rotatable bonds is 5. The zero-order chi connectivity index (χ0) is 11.3. The van der Waals surface area contributed by atoms with Gasteiger partial charge in [-0.15, -0.1) is 11.3 Å². The molecule has 1 unspecified atom stereocenters. The Balaban J connectivity index is 2.24. The standard InChI is InChI=1S/C10H15BrN2OS/c1-7(6-12)10(14)13-5-4-8-2-3-9(11)15-8/h2-3,7H,4-6,12H2,1H3,(H,13,14). The predicted molar refractivity (Wildman–Crippen MR) is 67.0 cm³/mol. The Morgan fingerprint density at radius 2 is 2.40 bits per heavy atom. The molecule has 0 radical (unpaired) electrons. The average Bonchev–Trinajstić information content (AvgIpc) is 2.63. The first-order chi connectivity index (χ1) is 7.13. The number of hydrogen-bond acceptors (Lipinski definition) is 3. The minimum absolute atomic E-state index is 0.0353. The van der Waals surface area contributed by atoms with Crippen LogP contribution in [-0.4, -0.2) is 19.0 Å². The van der Waals surface area contributed by atoms with Crippen molar-refractivity contribution in [3.05, 3.63) is 20.8 Å². The van der Waals surface area contributed by atoms with Crippen LogP contribution >= 0.6 is 27.3 Å². The van der Waals surface area contributed by atoms with Gasteiger partial charge >= 0.3 is 0 Å². The van der Waals surface area contributed by atoms with Gasteiger partial charge in [-0.25, -0.2) is 0 Å². The van der Waals surface area contributed by atoms with Gasteiger partial charge in [0.05, 0.1) is 3.79 Å². The molecule has 1 atom stereocenters. The van der Waals surface area contributed by atoms with E-state index in [1.807, 2.05) is 13.0 Å². The van der Waals surface area contributed by atoms with Gasteiger partial charge in [0.2, 0.25) is 5.91 Å². The van der Waals surface area contributed by atoms with E-state index in [0.29, 0.717) is 13.1 Å². The lowest BCUT2D eigenvalue weighted by Crippen LogP contribution is -2.34. The van der Waals surface area contributed by atoms with Gasteiger partial charge in [0.15, 0.2) is 0 Å². The van der Waals surface area contributed by atoms with Gasteiger partial charge in [0.25, 0.3) is 0 Å². The minimum Gasteiger partial charge on any atom is -0.355 e. The lowest BCUT2D eigenvalue weighted by Gasteiger charge is -2.08. The van der Waals surface area contributed by atoms with Crippen LogP contribution in [0.15, 0.2) is 15.9 Å². The van der Waals surface area contributed by atoms with Crippen molar-refractivity contribution < 1.29 is 4.79 Å². The van der Waals surface area contributed by atoms with Crippen LogP contribution in [0.5, 0.6) is 0 Å². The summed E-state index contributed by atoms with van der Waals surface area (Å²) in [5.74, 6) is -0.0619. The lowest BCUT2D eigenvalue weighted by molar-refractivity contribution is -0.124. The Morgan fingerprint density at radius 3 is 2.93 bits per heavy atom. The second-order valence-corrected chi connectivity index (χ2v) is 5.93. The fourth-order valence-electron chi connectivity index (χ4n) is 1.08. The molecule has 1 rings (SSSR count). The Kier molecular flexibility index (Phi) is 5.28. The van der Waals surface area contributed by atoms with Crippen LogP contribution in [0.3, 0.4) is 0 Å². The number of halogens is 1. The third-order valence-electron chi connectivity index (χ3n) is 2.10. The van der Waals surface area contributed by atoms with Crippen molar-refractivity contribution in [3.8, 4) is 0 Å². The Bertz CT molecular complexity index is 327. The first-order valence-corrected chi connectivity index (χ1v) is 6.46. The molecule has 1 amide bonds. The summed E-state index contributed by atoms with van der Waals surface area (Å²) in [6.07, 6.45) is 0.874. The van der Waals surface area contributed by atoms with E-state index in [9.17, 15) is 4.79 Å². The summed E-state index contributed by atoms with van der Waals surface area (Å²) in [4.78, 5) is 12.6. The molecule has 0 saturated carbocycles. The van der Waals surface area contributed by atoms with Crippen LogP contribution < -0.4 is 11.1 Å². The van der Waals surface area contributed by atoms with Crippen LogP contribution in [0.1, 0.15) is 11.8 Å². The predicted octanol–water partition coefficient (Wildman–Crippen LogP) is 1.76. The van der Waals surface area contributed by atoms with Crippen molar-refractivity contribution in [1.82, 2.24) is 5.32 Å². The van der Waals surface area contributed by atoms with Gasteiger partial charge < -0.3 is 11.1 Å². The fourth-order valence-corrected chi connectivity index (χ4v) is 2.56. The summed E-state index contributed by atoms with van der Waals surface area (Å²) in [5, 5.41) is 2.86. The Morgan fingerprint density at radius 1 is 1.67 bits per heavy atom. The smallest absolute Gasteiger partial charge is 0.224 e. The van der Waals surface area contributed by atoms with E-state index in [1.165, 1.54) is 4.88 Å². The van der Waals surface area contributed by atoms with Gasteiger partial charge in [0.1, 0.15) is 0 Å². The van der Waals surface area contributed by atoms with Crippen molar-refractivity contribution in [2.75, 3.05) is 13.1 Å². The summed E-state index contributed by atoms with van der Waals surface area (Å²) in [7, 11) is 0. The largest absolute Gasteiger partial charge is 0.355 e. The normalized spacial score (nSPS) is 12.5. The molecule has 1 aromatic rings. The summed E-state index contributed by atoms with van der Waals surface area (Å²) in [6, 6.07) is 4.08. The van der Waals surface area contributed by atoms with Crippen molar-refractivity contribution in [2.45, 2.75) is 13.3 Å². The van der Waals surface area contributed by atoms with E-state index in [-0.39, 0.29) is 11.8 Å². The maximum absolute atomic E-state index is 11.4. The Hall–Kier alpha value is -0.390. The zero-order valence-electron chi connectivity index (χ0n) is 8.63. The van der Waals surface area contributed by atoms with E-state index in [4.69, 9.17) is 5.73 Å². The van der Waals surface area contributed by atoms with E-state index < -0.39 is 0 Å². The first kappa shape index (κ1) is 12.7. The van der Waals surface area contributed by atoms with Gasteiger partial charge in [0, 0.05) is 23.9 Å². The molecule has 1 aromatic heterocycles. The van der Waals surface area contributed by atoms with Crippen LogP contribution in [0.2, 0.25) is 0 Å². The maximum Gasteiger partial charge on any atom is 0.224 e. The SMILES string of the molecule is CC(CN)C(=O)NCCc1ccc(Br)s1. The van der Waals surface area contributed by atoms with Crippen LogP contribution in [0.4, 0.5) is 0 Å². The van der Waals surface area contributed by atoms with E-state index >= 15 is 0 Å². The molecule has 0 aliphatic carbocycles. The third-order valence-corrected chi connectivity index (χ3v) is 3.78. The highest BCUT2D eigenvalue weighted by Gasteiger charge is 2.09. The van der Waals surface area contributed by atoms with Gasteiger partial charge in [-0.3, -0.25) is 4.79 Å². The highest BCUT2D eigenvalue weighted by Crippen LogP contribution is 2.21. The van der Waals surface area contributed by atoms with Gasteiger partial charge in [-0.05, 0) is 34.5 Å². The number of carbonyl (C=O) groups excluding carboxylic acids is 1. The Labute approximate surface area is 102 Å². The molecule has 0 aromatic carbocycles. The third kappa shape index (κ3) is 4.32. The van der Waals surface area contributed by atoms with Crippen molar-refractivity contribution >= 4 is 33.2 Å². The molecule has 15 heavy (non-hydrogen) atoms. The fraction of sp³-hybridized carbons (Fsp3) is 0.500. The number of nitrogens with two attached hydrogens (primary N) is 1. The van der Waals surface area contributed by atoms with E-state index in [0.717, 1.165) is 10.2 Å². The molecule has 3 nitrogen and oxygen atoms in total. The maximum atomic E-state index is 11.4. The number of hydrogen-bond donors (Lipinski definition) is 2. The molecule has 0 spiro atoms. The van der Waals surface area contributed by atoms with E-state index in [1.54, 1.807) is 11.3 Å². The molecule has 0 bridgehead atoms. The average molecular weight is 291 g/mol. The number of carbonyl (C=O) groups is 1. The van der Waals surface area contributed by atoms with Crippen LogP contribution in [0, 0.1) is 5.92 Å². The van der Waals surface area contributed by atoms with Crippen molar-refractivity contribution in [1.29, 1.82) is 0 Å². The summed E-state index contributed by atoms with van der Waals surface area (Å²) in [6.45, 7) is 2.91. The number of thiophene rings is 1. The second-order valence-electron chi connectivity index (χ2n) is 3.38. The first-order valence-electron chi connectivity index (χ1n) is 4.85. The molecule has 0 aliphatic heterocycles. The molecular weight excluding hydrogens is 276 g/mol. The number of amides is 1. The van der Waals surface area contributed by atoms with E-state index in [2.05, 4.69) is 27.3 Å². The molecule has 0 saturated heterocycles. The topological polar surface area (TPSA) is 55.1 Å². The highest BCUT2D eigenvalue weighted by molar-refractivity contribution is 9.11. The van der Waals surface area contributed by atoms with Crippen molar-refractivity contribution in [3.63, 3.8) is 0 Å². The van der Waals surface area contributed by atoms with Gasteiger partial charge in [-0.1, -0.05) is 6.92 Å². The molecule has 3 N–H and O–H groups in total. The molecule has 1 heterocycles. The highest BCUT2D eigenvalue weighted by atomic mass is 79.9. The quantitative estimate of drug-likeness (QED) is 0.868. The molecule has 84 valence electrons. The second kappa shape index (κ2) is 6.25. The molecule has 5 heteroatoms. The van der Waals surface area contributed by atoms with Crippen LogP contribution in [0.25, 0.3) is 0 Å². The minimum atomic E-state index is -0.0972. The lowest BCUT2D eigenvalue weighted by atomic mass is 10.1. The molecule has 0 fully saturated rings. The zero-order valence-corrected chi connectivity index (χ0v) is 11.0. The van der Waals surface area contributed by atoms with Crippen molar-refractivity contribution in [2.24, 2.45) is 11.7 Å². The summed E-state index contributed by atoms with van der Waals surface area (Å²) >= 11 is 5.10. The molecular formula is C10H15BrN2OS.